The molecule has 1 aromatic heterocycles. The molecule has 3 amide bonds. The first-order chi connectivity index (χ1) is 23.8. The maximum absolute atomic E-state index is 13.4. The summed E-state index contributed by atoms with van der Waals surface area (Å²) in [7, 11) is 0. The van der Waals surface area contributed by atoms with Gasteiger partial charge < -0.3 is 24.1 Å². The molecule has 2 aromatic rings. The lowest BCUT2D eigenvalue weighted by molar-refractivity contribution is -0.384. The Labute approximate surface area is 288 Å². The SMILES string of the molecule is CC1=C\[C@@H](OC(=O)Nc2ccc([N+](=O)[O-])cc2)CC(=O)Cc2nc(co2)C(=O)N2CCC=C2C(=O)O[C@H](C(C)C)[C@H](C)/C=C/C(=O)NC\C=C\1. The van der Waals surface area contributed by atoms with E-state index in [1.807, 2.05) is 20.8 Å². The first-order valence-corrected chi connectivity index (χ1v) is 16.0. The average molecular weight is 690 g/mol. The topological polar surface area (TPSA) is 200 Å². The van der Waals surface area contributed by atoms with Crippen LogP contribution in [-0.4, -0.2) is 69.8 Å². The number of nitrogens with zero attached hydrogens (tertiary/aromatic N) is 3. The summed E-state index contributed by atoms with van der Waals surface area (Å²) in [5.41, 5.74) is 0.652. The molecule has 15 nitrogen and oxygen atoms in total. The largest absolute Gasteiger partial charge is 0.457 e. The summed E-state index contributed by atoms with van der Waals surface area (Å²) in [6.07, 6.45) is 7.91. The molecule has 0 saturated heterocycles. The number of aromatic nitrogens is 1. The minimum absolute atomic E-state index is 0.0463. The number of ketones is 1. The summed E-state index contributed by atoms with van der Waals surface area (Å²) < 4.78 is 16.8. The molecular formula is C35H39N5O10. The van der Waals surface area contributed by atoms with E-state index in [1.165, 1.54) is 35.2 Å². The summed E-state index contributed by atoms with van der Waals surface area (Å²) in [4.78, 5) is 80.9. The zero-order valence-corrected chi connectivity index (χ0v) is 28.1. The Bertz CT molecular complexity index is 1740. The van der Waals surface area contributed by atoms with Crippen LogP contribution in [0.2, 0.25) is 0 Å². The fourth-order valence-electron chi connectivity index (χ4n) is 5.34. The number of cyclic esters (lactones) is 1. The van der Waals surface area contributed by atoms with Gasteiger partial charge in [-0.2, -0.15) is 0 Å². The number of nitrogens with one attached hydrogen (secondary N) is 2. The highest BCUT2D eigenvalue weighted by Crippen LogP contribution is 2.25. The maximum atomic E-state index is 13.4. The lowest BCUT2D eigenvalue weighted by atomic mass is 9.94. The minimum atomic E-state index is -1.06. The van der Waals surface area contributed by atoms with Crippen LogP contribution in [-0.2, 0) is 30.3 Å². The standard InChI is InChI=1S/C35H39N5O10/c1-21(2)32-23(4)9-14-30(42)36-15-5-7-22(3)17-27(49-35(45)37-24-10-12-25(13-11-24)40(46)47)18-26(41)19-31-38-28(20-48-31)33(43)39-16-6-8-29(39)34(44)50-32/h5,7-14,17,20-21,23,27,32H,6,15-16,18-19H2,1-4H3,(H,36,42)(H,37,45)/b7-5+,14-9+,22-17+/t23-,27-,32-/m1/s1. The number of allylic oxidation sites excluding steroid dienone is 2. The van der Waals surface area contributed by atoms with Crippen LogP contribution in [0.15, 0.2) is 82.7 Å². The molecule has 264 valence electrons. The molecule has 2 aliphatic heterocycles. The molecule has 2 bridgehead atoms. The number of rotatable bonds is 4. The van der Waals surface area contributed by atoms with Crippen molar-refractivity contribution in [1.29, 1.82) is 0 Å². The third-order valence-corrected chi connectivity index (χ3v) is 7.76. The highest BCUT2D eigenvalue weighted by Gasteiger charge is 2.33. The van der Waals surface area contributed by atoms with Crippen molar-refractivity contribution < 1.29 is 42.8 Å². The number of fused-ring (bicyclic) bond motifs is 3. The first kappa shape index (κ1) is 37.0. The molecule has 3 atom stereocenters. The lowest BCUT2D eigenvalue weighted by Crippen LogP contribution is -2.36. The van der Waals surface area contributed by atoms with E-state index in [9.17, 15) is 34.1 Å². The van der Waals surface area contributed by atoms with Crippen LogP contribution < -0.4 is 10.6 Å². The predicted octanol–water partition coefficient (Wildman–Crippen LogP) is 4.82. The Morgan fingerprint density at radius 1 is 1.16 bits per heavy atom. The van der Waals surface area contributed by atoms with Crippen molar-refractivity contribution in [2.24, 2.45) is 11.8 Å². The van der Waals surface area contributed by atoms with Gasteiger partial charge in [-0.15, -0.1) is 0 Å². The van der Waals surface area contributed by atoms with Gasteiger partial charge in [0, 0.05) is 43.2 Å². The van der Waals surface area contributed by atoms with Gasteiger partial charge in [0.05, 0.1) is 11.3 Å². The molecule has 0 radical (unpaired) electrons. The Kier molecular flexibility index (Phi) is 12.6. The summed E-state index contributed by atoms with van der Waals surface area (Å²) in [6.45, 7) is 7.71. The van der Waals surface area contributed by atoms with Gasteiger partial charge >= 0.3 is 12.1 Å². The molecule has 2 N–H and O–H groups in total. The third kappa shape index (κ3) is 10.3. The van der Waals surface area contributed by atoms with Gasteiger partial charge in [-0.3, -0.25) is 29.8 Å². The van der Waals surface area contributed by atoms with E-state index >= 15 is 0 Å². The number of nitro groups is 1. The van der Waals surface area contributed by atoms with Crippen LogP contribution in [0.4, 0.5) is 16.2 Å². The summed E-state index contributed by atoms with van der Waals surface area (Å²) in [5.74, 6) is -2.56. The molecule has 3 heterocycles. The number of carbonyl (C=O) groups excluding carboxylic acids is 5. The summed E-state index contributed by atoms with van der Waals surface area (Å²) in [5, 5.41) is 16.2. The Morgan fingerprint density at radius 2 is 1.90 bits per heavy atom. The molecule has 0 fully saturated rings. The number of oxazole rings is 1. The molecule has 0 saturated carbocycles. The zero-order valence-electron chi connectivity index (χ0n) is 28.1. The van der Waals surface area contributed by atoms with Gasteiger partial charge in [0.25, 0.3) is 11.6 Å². The van der Waals surface area contributed by atoms with E-state index in [-0.39, 0.29) is 72.3 Å². The van der Waals surface area contributed by atoms with E-state index in [2.05, 4.69) is 15.6 Å². The fraction of sp³-hybridized carbons (Fsp3) is 0.371. The molecule has 1 aromatic carbocycles. The van der Waals surface area contributed by atoms with Gasteiger partial charge in [0.1, 0.15) is 30.0 Å². The Hall–Kier alpha value is -5.86. The second-order valence-corrected chi connectivity index (χ2v) is 12.1. The quantitative estimate of drug-likeness (QED) is 0.253. The number of non-ortho nitro benzene ring substituents is 1. The fourth-order valence-corrected chi connectivity index (χ4v) is 5.34. The molecule has 0 unspecified atom stereocenters. The van der Waals surface area contributed by atoms with Gasteiger partial charge in [-0.05, 0) is 43.5 Å². The lowest BCUT2D eigenvalue weighted by Gasteiger charge is -2.27. The van der Waals surface area contributed by atoms with Crippen LogP contribution >= 0.6 is 0 Å². The molecular weight excluding hydrogens is 650 g/mol. The highest BCUT2D eigenvalue weighted by atomic mass is 16.6. The van der Waals surface area contributed by atoms with Gasteiger partial charge in [0.15, 0.2) is 5.69 Å². The van der Waals surface area contributed by atoms with Gasteiger partial charge in [-0.25, -0.2) is 14.6 Å². The van der Waals surface area contributed by atoms with Crippen molar-refractivity contribution >= 4 is 41.0 Å². The molecule has 50 heavy (non-hydrogen) atoms. The van der Waals surface area contributed by atoms with Crippen LogP contribution in [0.25, 0.3) is 0 Å². The minimum Gasteiger partial charge on any atom is -0.457 e. The zero-order chi connectivity index (χ0) is 36.4. The smallest absolute Gasteiger partial charge is 0.412 e. The predicted molar refractivity (Wildman–Crippen MR) is 179 cm³/mol. The van der Waals surface area contributed by atoms with Crippen LogP contribution in [0.3, 0.4) is 0 Å². The van der Waals surface area contributed by atoms with Crippen molar-refractivity contribution in [2.45, 2.75) is 59.2 Å². The monoisotopic (exact) mass is 689 g/mol. The van der Waals surface area contributed by atoms with Gasteiger partial charge in [-0.1, -0.05) is 50.6 Å². The van der Waals surface area contributed by atoms with Gasteiger partial charge in [0.2, 0.25) is 11.8 Å². The van der Waals surface area contributed by atoms with Crippen molar-refractivity contribution in [3.63, 3.8) is 0 Å². The molecule has 2 aliphatic rings. The number of anilines is 1. The van der Waals surface area contributed by atoms with E-state index in [0.717, 1.165) is 6.26 Å². The number of amides is 3. The maximum Gasteiger partial charge on any atom is 0.412 e. The number of hydrogen-bond donors (Lipinski definition) is 2. The van der Waals surface area contributed by atoms with E-state index in [4.69, 9.17) is 13.9 Å². The van der Waals surface area contributed by atoms with Crippen molar-refractivity contribution in [3.8, 4) is 0 Å². The normalized spacial score (nSPS) is 23.5. The molecule has 15 heteroatoms. The number of hydrogen-bond acceptors (Lipinski definition) is 11. The second-order valence-electron chi connectivity index (χ2n) is 12.1. The number of nitro benzene ring substituents is 1. The number of benzene rings is 1. The van der Waals surface area contributed by atoms with Crippen LogP contribution in [0.1, 0.15) is 56.9 Å². The number of Topliss-reactive ketones (excluding diaryl/α,β-unsaturated/α-hetero) is 1. The van der Waals surface area contributed by atoms with Crippen molar-refractivity contribution in [3.05, 3.63) is 100.0 Å². The van der Waals surface area contributed by atoms with Crippen LogP contribution in [0.5, 0.6) is 0 Å². The Balaban J connectivity index is 1.57. The molecule has 0 aliphatic carbocycles. The third-order valence-electron chi connectivity index (χ3n) is 7.76. The van der Waals surface area contributed by atoms with E-state index < -0.39 is 40.9 Å². The number of ether oxygens (including phenoxy) is 2. The Morgan fingerprint density at radius 3 is 2.60 bits per heavy atom. The number of esters is 1. The van der Waals surface area contributed by atoms with E-state index in [1.54, 1.807) is 37.3 Å². The number of carbonyl (C=O) groups is 5. The van der Waals surface area contributed by atoms with Crippen molar-refractivity contribution in [2.75, 3.05) is 18.4 Å². The molecule has 0 spiro atoms. The highest BCUT2D eigenvalue weighted by molar-refractivity contribution is 6.00. The second kappa shape index (κ2) is 17.0. The van der Waals surface area contributed by atoms with Crippen molar-refractivity contribution in [1.82, 2.24) is 15.2 Å². The molecule has 4 rings (SSSR count). The average Bonchev–Trinajstić information content (AvgIpc) is 3.74. The van der Waals surface area contributed by atoms with E-state index in [0.29, 0.717) is 12.0 Å². The summed E-state index contributed by atoms with van der Waals surface area (Å²) >= 11 is 0. The summed E-state index contributed by atoms with van der Waals surface area (Å²) in [6, 6.07) is 5.12. The first-order valence-electron chi connectivity index (χ1n) is 16.0. The van der Waals surface area contributed by atoms with Crippen LogP contribution in [0, 0.1) is 22.0 Å².